The summed E-state index contributed by atoms with van der Waals surface area (Å²) in [7, 11) is 0. The second-order valence-electron chi connectivity index (χ2n) is 6.96. The van der Waals surface area contributed by atoms with Gasteiger partial charge in [-0.2, -0.15) is 13.2 Å². The summed E-state index contributed by atoms with van der Waals surface area (Å²) in [6, 6.07) is 1.89. The first-order valence-electron chi connectivity index (χ1n) is 9.04. The molecule has 0 bridgehead atoms. The van der Waals surface area contributed by atoms with Crippen molar-refractivity contribution in [2.45, 2.75) is 44.4 Å². The summed E-state index contributed by atoms with van der Waals surface area (Å²) < 4.78 is 43.9. The molecule has 1 saturated carbocycles. The minimum atomic E-state index is -4.47. The molecule has 3 aromatic rings. The Bertz CT molecular complexity index is 998. The molecule has 28 heavy (non-hydrogen) atoms. The number of amides is 1. The minimum Gasteiger partial charge on any atom is -0.446 e. The molecule has 150 valence electrons. The zero-order valence-corrected chi connectivity index (χ0v) is 15.0. The van der Waals surface area contributed by atoms with Crippen LogP contribution in [-0.2, 0) is 4.74 Å². The smallest absolute Gasteiger partial charge is 0.407 e. The Hall–Kier alpha value is -2.85. The lowest BCUT2D eigenvalue weighted by molar-refractivity contribution is -0.124. The average Bonchev–Trinajstić information content (AvgIpc) is 3.35. The van der Waals surface area contributed by atoms with Gasteiger partial charge in [0.15, 0.2) is 11.3 Å². The van der Waals surface area contributed by atoms with Gasteiger partial charge in [0.05, 0.1) is 11.7 Å². The molecule has 0 aliphatic heterocycles. The Morgan fingerprint density at radius 2 is 2.21 bits per heavy atom. The van der Waals surface area contributed by atoms with Crippen LogP contribution >= 0.6 is 0 Å². The van der Waals surface area contributed by atoms with Crippen LogP contribution in [0.5, 0.6) is 0 Å². The zero-order valence-electron chi connectivity index (χ0n) is 15.0. The van der Waals surface area contributed by atoms with Crippen molar-refractivity contribution in [3.05, 3.63) is 24.3 Å². The van der Waals surface area contributed by atoms with Gasteiger partial charge >= 0.3 is 12.3 Å². The number of rotatable bonds is 4. The Kier molecular flexibility index (Phi) is 4.60. The van der Waals surface area contributed by atoms with Gasteiger partial charge in [0.2, 0.25) is 0 Å². The van der Waals surface area contributed by atoms with E-state index in [-0.39, 0.29) is 11.8 Å². The molecular formula is C17H19F3N6O2. The van der Waals surface area contributed by atoms with Crippen molar-refractivity contribution in [3.63, 3.8) is 0 Å². The zero-order chi connectivity index (χ0) is 19.9. The summed E-state index contributed by atoms with van der Waals surface area (Å²) >= 11 is 0. The molecule has 0 unspecified atom stereocenters. The monoisotopic (exact) mass is 396 g/mol. The highest BCUT2D eigenvalue weighted by atomic mass is 19.4. The van der Waals surface area contributed by atoms with Gasteiger partial charge in [-0.3, -0.25) is 4.40 Å². The van der Waals surface area contributed by atoms with Crippen LogP contribution < -0.4 is 5.32 Å². The van der Waals surface area contributed by atoms with E-state index < -0.39 is 24.9 Å². The third-order valence-electron chi connectivity index (χ3n) is 5.18. The van der Waals surface area contributed by atoms with Crippen molar-refractivity contribution in [1.82, 2.24) is 29.9 Å². The Balaban J connectivity index is 1.54. The van der Waals surface area contributed by atoms with Gasteiger partial charge in [-0.15, -0.1) is 10.2 Å². The van der Waals surface area contributed by atoms with E-state index in [1.807, 2.05) is 17.4 Å². The van der Waals surface area contributed by atoms with Gasteiger partial charge < -0.3 is 15.0 Å². The maximum atomic E-state index is 12.2. The molecule has 1 amide bonds. The fourth-order valence-electron chi connectivity index (χ4n) is 3.94. The van der Waals surface area contributed by atoms with E-state index in [0.29, 0.717) is 24.1 Å². The van der Waals surface area contributed by atoms with Crippen molar-refractivity contribution >= 4 is 22.9 Å². The molecule has 1 aliphatic rings. The molecule has 2 N–H and O–H groups in total. The number of hydrogen-bond donors (Lipinski definition) is 2. The van der Waals surface area contributed by atoms with E-state index in [1.165, 1.54) is 0 Å². The number of aromatic amines is 1. The Morgan fingerprint density at radius 1 is 1.39 bits per heavy atom. The molecule has 3 atom stereocenters. The highest BCUT2D eigenvalue weighted by Crippen LogP contribution is 2.42. The first-order chi connectivity index (χ1) is 13.4. The minimum absolute atomic E-state index is 0.0269. The van der Waals surface area contributed by atoms with Crippen molar-refractivity contribution in [1.29, 1.82) is 0 Å². The Morgan fingerprint density at radius 3 is 2.96 bits per heavy atom. The highest BCUT2D eigenvalue weighted by Gasteiger charge is 2.39. The average molecular weight is 396 g/mol. The van der Waals surface area contributed by atoms with Gasteiger partial charge in [0.25, 0.3) is 0 Å². The van der Waals surface area contributed by atoms with Crippen molar-refractivity contribution in [2.75, 3.05) is 6.54 Å². The number of aromatic nitrogens is 5. The van der Waals surface area contributed by atoms with Crippen LogP contribution in [0.4, 0.5) is 18.0 Å². The standard InChI is InChI=1S/C17H19F3N6O2/c1-2-9-5-10(28-16(27)23-8-17(18,19)20)6-11(9)15-25-24-13-7-22-14-12(26(13)15)3-4-21-14/h3-4,7,9-11,21H,2,5-6,8H2,1H3,(H,23,27)/t9-,10-,11+/m1/s1. The predicted molar refractivity (Wildman–Crippen MR) is 92.7 cm³/mol. The first-order valence-corrected chi connectivity index (χ1v) is 9.04. The van der Waals surface area contributed by atoms with Crippen LogP contribution in [0.3, 0.4) is 0 Å². The molecular weight excluding hydrogens is 377 g/mol. The fraction of sp³-hybridized carbons (Fsp3) is 0.529. The van der Waals surface area contributed by atoms with Gasteiger partial charge in [-0.25, -0.2) is 9.78 Å². The number of carbonyl (C=O) groups is 1. The van der Waals surface area contributed by atoms with Crippen molar-refractivity contribution in [2.24, 2.45) is 5.92 Å². The number of nitrogens with zero attached hydrogens (tertiary/aromatic N) is 4. The first kappa shape index (κ1) is 18.5. The number of carbonyl (C=O) groups excluding carboxylic acids is 1. The molecule has 1 fully saturated rings. The van der Waals surface area contributed by atoms with E-state index in [0.717, 1.165) is 17.8 Å². The van der Waals surface area contributed by atoms with Gasteiger partial charge in [0.1, 0.15) is 18.5 Å². The van der Waals surface area contributed by atoms with Crippen molar-refractivity contribution in [3.8, 4) is 0 Å². The molecule has 0 radical (unpaired) electrons. The summed E-state index contributed by atoms with van der Waals surface area (Å²) in [6.45, 7) is 0.618. The van der Waals surface area contributed by atoms with E-state index in [1.54, 1.807) is 17.7 Å². The molecule has 4 rings (SSSR count). The summed E-state index contributed by atoms with van der Waals surface area (Å²) in [5, 5.41) is 10.3. The molecule has 0 saturated heterocycles. The van der Waals surface area contributed by atoms with Crippen molar-refractivity contribution < 1.29 is 22.7 Å². The molecule has 3 heterocycles. The number of H-pyrrole nitrogens is 1. The quantitative estimate of drug-likeness (QED) is 0.706. The number of halogens is 3. The lowest BCUT2D eigenvalue weighted by atomic mass is 9.93. The lowest BCUT2D eigenvalue weighted by Gasteiger charge is -2.15. The van der Waals surface area contributed by atoms with E-state index in [4.69, 9.17) is 4.74 Å². The SMILES string of the molecule is CC[C@@H]1C[C@@H](OC(=O)NCC(F)(F)F)C[C@@H]1c1nnc2cnc3[nH]ccc3n12. The maximum absolute atomic E-state index is 12.2. The van der Waals surface area contributed by atoms with Crippen LogP contribution in [0, 0.1) is 5.92 Å². The Labute approximate surface area is 157 Å². The third kappa shape index (κ3) is 3.48. The number of hydrogen-bond acceptors (Lipinski definition) is 5. The number of nitrogens with one attached hydrogen (secondary N) is 2. The van der Waals surface area contributed by atoms with Crippen LogP contribution in [0.15, 0.2) is 18.5 Å². The second kappa shape index (κ2) is 6.95. The molecule has 1 aliphatic carbocycles. The van der Waals surface area contributed by atoms with Gasteiger partial charge in [0, 0.05) is 12.1 Å². The summed E-state index contributed by atoms with van der Waals surface area (Å²) in [5.74, 6) is 0.895. The summed E-state index contributed by atoms with van der Waals surface area (Å²) in [5.41, 5.74) is 2.17. The number of alkyl carbamates (subject to hydrolysis) is 1. The normalized spacial score (nSPS) is 22.8. The highest BCUT2D eigenvalue weighted by molar-refractivity contribution is 5.74. The molecule has 3 aromatic heterocycles. The molecule has 0 spiro atoms. The summed E-state index contributed by atoms with van der Waals surface area (Å²) in [4.78, 5) is 19.1. The van der Waals surface area contributed by atoms with Crippen LogP contribution in [-0.4, -0.2) is 49.5 Å². The van der Waals surface area contributed by atoms with Crippen LogP contribution in [0.1, 0.15) is 37.9 Å². The van der Waals surface area contributed by atoms with Gasteiger partial charge in [-0.05, 0) is 24.8 Å². The largest absolute Gasteiger partial charge is 0.446 e. The summed E-state index contributed by atoms with van der Waals surface area (Å²) in [6.07, 6.45) is -0.720. The maximum Gasteiger partial charge on any atom is 0.407 e. The van der Waals surface area contributed by atoms with E-state index >= 15 is 0 Å². The number of ether oxygens (including phenoxy) is 1. The number of fused-ring (bicyclic) bond motifs is 3. The third-order valence-corrected chi connectivity index (χ3v) is 5.18. The lowest BCUT2D eigenvalue weighted by Crippen LogP contribution is -2.35. The predicted octanol–water partition coefficient (Wildman–Crippen LogP) is 3.17. The molecule has 11 heteroatoms. The van der Waals surface area contributed by atoms with Crippen LogP contribution in [0.25, 0.3) is 16.8 Å². The second-order valence-corrected chi connectivity index (χ2v) is 6.96. The van der Waals surface area contributed by atoms with E-state index in [2.05, 4.69) is 20.2 Å². The topological polar surface area (TPSA) is 97.2 Å². The molecule has 8 nitrogen and oxygen atoms in total. The van der Waals surface area contributed by atoms with E-state index in [9.17, 15) is 18.0 Å². The molecule has 0 aromatic carbocycles. The fourth-order valence-corrected chi connectivity index (χ4v) is 3.94. The number of alkyl halides is 3. The van der Waals surface area contributed by atoms with Crippen LogP contribution in [0.2, 0.25) is 0 Å². The van der Waals surface area contributed by atoms with Gasteiger partial charge in [-0.1, -0.05) is 13.3 Å².